The molecule has 0 aromatic rings. The molecular formula is C11H14O2. The van der Waals surface area contributed by atoms with Crippen molar-refractivity contribution in [1.82, 2.24) is 0 Å². The Balaban J connectivity index is 2.56. The van der Waals surface area contributed by atoms with Crippen molar-refractivity contribution in [2.24, 2.45) is 5.92 Å². The zero-order chi connectivity index (χ0) is 9.68. The monoisotopic (exact) mass is 178 g/mol. The molecule has 1 unspecified atom stereocenters. The van der Waals surface area contributed by atoms with Crippen LogP contribution in [-0.4, -0.2) is 12.4 Å². The highest BCUT2D eigenvalue weighted by Crippen LogP contribution is 2.23. The molecule has 0 spiro atoms. The molecule has 2 nitrogen and oxygen atoms in total. The van der Waals surface area contributed by atoms with E-state index in [0.717, 1.165) is 18.6 Å². The molecule has 0 amide bonds. The van der Waals surface area contributed by atoms with Gasteiger partial charge in [-0.15, -0.1) is 12.3 Å². The fourth-order valence-corrected chi connectivity index (χ4v) is 1.45. The van der Waals surface area contributed by atoms with E-state index in [9.17, 15) is 4.79 Å². The van der Waals surface area contributed by atoms with Crippen LogP contribution in [-0.2, 0) is 9.53 Å². The largest absolute Gasteiger partial charge is 0.498 e. The summed E-state index contributed by atoms with van der Waals surface area (Å²) in [6.45, 7) is 2.54. The number of rotatable bonds is 3. The molecule has 0 radical (unpaired) electrons. The van der Waals surface area contributed by atoms with Crippen LogP contribution in [0.25, 0.3) is 0 Å². The molecule has 1 aliphatic carbocycles. The van der Waals surface area contributed by atoms with Crippen LogP contribution in [0.3, 0.4) is 0 Å². The van der Waals surface area contributed by atoms with Crippen molar-refractivity contribution in [2.75, 3.05) is 6.61 Å². The SMILES string of the molecule is C#CCC1CCC(OCC)=CC1=O. The summed E-state index contributed by atoms with van der Waals surface area (Å²) in [5.41, 5.74) is 0. The number of carbonyl (C=O) groups excluding carboxylic acids is 1. The summed E-state index contributed by atoms with van der Waals surface area (Å²) in [7, 11) is 0. The second kappa shape index (κ2) is 4.71. The van der Waals surface area contributed by atoms with E-state index in [2.05, 4.69) is 5.92 Å². The summed E-state index contributed by atoms with van der Waals surface area (Å²) >= 11 is 0. The normalized spacial score (nSPS) is 22.0. The molecule has 0 fully saturated rings. The summed E-state index contributed by atoms with van der Waals surface area (Å²) in [6, 6.07) is 0. The number of terminal acetylenes is 1. The van der Waals surface area contributed by atoms with Crippen molar-refractivity contribution >= 4 is 5.78 Å². The van der Waals surface area contributed by atoms with Crippen LogP contribution in [0.15, 0.2) is 11.8 Å². The highest BCUT2D eigenvalue weighted by molar-refractivity contribution is 5.93. The lowest BCUT2D eigenvalue weighted by Gasteiger charge is -2.18. The summed E-state index contributed by atoms with van der Waals surface area (Å²) in [4.78, 5) is 11.4. The Morgan fingerprint density at radius 1 is 1.77 bits per heavy atom. The van der Waals surface area contributed by atoms with Gasteiger partial charge in [0.1, 0.15) is 0 Å². The number of ether oxygens (including phenoxy) is 1. The zero-order valence-electron chi connectivity index (χ0n) is 7.88. The Labute approximate surface area is 79.0 Å². The number of hydrogen-bond donors (Lipinski definition) is 0. The molecule has 13 heavy (non-hydrogen) atoms. The van der Waals surface area contributed by atoms with E-state index < -0.39 is 0 Å². The van der Waals surface area contributed by atoms with Crippen molar-refractivity contribution in [1.29, 1.82) is 0 Å². The standard InChI is InChI=1S/C11H14O2/c1-3-5-9-6-7-10(13-4-2)8-11(9)12/h1,8-9H,4-7H2,2H3. The predicted octanol–water partition coefficient (Wildman–Crippen LogP) is 1.91. The first kappa shape index (κ1) is 9.85. The van der Waals surface area contributed by atoms with E-state index in [0.29, 0.717) is 13.0 Å². The van der Waals surface area contributed by atoms with E-state index >= 15 is 0 Å². The molecule has 0 bridgehead atoms. The molecule has 1 atom stereocenters. The molecule has 0 N–H and O–H groups in total. The molecule has 1 aliphatic rings. The maximum atomic E-state index is 11.4. The Kier molecular flexibility index (Phi) is 3.57. The van der Waals surface area contributed by atoms with Gasteiger partial charge in [0.15, 0.2) is 5.78 Å². The van der Waals surface area contributed by atoms with Gasteiger partial charge in [-0.2, -0.15) is 0 Å². The highest BCUT2D eigenvalue weighted by Gasteiger charge is 2.21. The Bertz CT molecular complexity index is 258. The lowest BCUT2D eigenvalue weighted by Crippen LogP contribution is -2.17. The second-order valence-electron chi connectivity index (χ2n) is 3.09. The van der Waals surface area contributed by atoms with Crippen molar-refractivity contribution in [3.63, 3.8) is 0 Å². The summed E-state index contributed by atoms with van der Waals surface area (Å²) < 4.78 is 5.27. The molecule has 0 aromatic carbocycles. The van der Waals surface area contributed by atoms with E-state index in [1.807, 2.05) is 6.92 Å². The third kappa shape index (κ3) is 2.62. The summed E-state index contributed by atoms with van der Waals surface area (Å²) in [5.74, 6) is 3.47. The fraction of sp³-hybridized carbons (Fsp3) is 0.545. The first-order valence-corrected chi connectivity index (χ1v) is 4.58. The summed E-state index contributed by atoms with van der Waals surface area (Å²) in [6.07, 6.45) is 8.97. The smallest absolute Gasteiger partial charge is 0.163 e. The molecule has 0 saturated heterocycles. The third-order valence-corrected chi connectivity index (χ3v) is 2.14. The van der Waals surface area contributed by atoms with Gasteiger partial charge in [0.05, 0.1) is 12.4 Å². The van der Waals surface area contributed by atoms with Crippen LogP contribution in [0.5, 0.6) is 0 Å². The van der Waals surface area contributed by atoms with Gasteiger partial charge in [0.2, 0.25) is 0 Å². The molecule has 0 aliphatic heterocycles. The third-order valence-electron chi connectivity index (χ3n) is 2.14. The molecule has 1 rings (SSSR count). The van der Waals surface area contributed by atoms with Gasteiger partial charge >= 0.3 is 0 Å². The van der Waals surface area contributed by atoms with Crippen LogP contribution in [0.2, 0.25) is 0 Å². The van der Waals surface area contributed by atoms with Crippen molar-refractivity contribution in [3.05, 3.63) is 11.8 Å². The number of allylic oxidation sites excluding steroid dienone is 2. The van der Waals surface area contributed by atoms with Crippen molar-refractivity contribution in [3.8, 4) is 12.3 Å². The molecule has 0 aromatic heterocycles. The van der Waals surface area contributed by atoms with Crippen molar-refractivity contribution in [2.45, 2.75) is 26.2 Å². The van der Waals surface area contributed by atoms with E-state index in [4.69, 9.17) is 11.2 Å². The lowest BCUT2D eigenvalue weighted by atomic mass is 9.90. The summed E-state index contributed by atoms with van der Waals surface area (Å²) in [5, 5.41) is 0. The fourth-order valence-electron chi connectivity index (χ4n) is 1.45. The molecule has 0 heterocycles. The van der Waals surface area contributed by atoms with Crippen LogP contribution >= 0.6 is 0 Å². The van der Waals surface area contributed by atoms with Crippen LogP contribution < -0.4 is 0 Å². The van der Waals surface area contributed by atoms with Gasteiger partial charge in [0.25, 0.3) is 0 Å². The Hall–Kier alpha value is -1.23. The second-order valence-corrected chi connectivity index (χ2v) is 3.09. The van der Waals surface area contributed by atoms with Crippen LogP contribution in [0.1, 0.15) is 26.2 Å². The van der Waals surface area contributed by atoms with Gasteiger partial charge in [-0.3, -0.25) is 4.79 Å². The van der Waals surface area contributed by atoms with E-state index in [1.54, 1.807) is 6.08 Å². The van der Waals surface area contributed by atoms with E-state index in [1.165, 1.54) is 0 Å². The quantitative estimate of drug-likeness (QED) is 0.617. The number of carbonyl (C=O) groups is 1. The lowest BCUT2D eigenvalue weighted by molar-refractivity contribution is -0.119. The minimum absolute atomic E-state index is 0.0224. The van der Waals surface area contributed by atoms with Crippen LogP contribution in [0, 0.1) is 18.3 Å². The Morgan fingerprint density at radius 2 is 2.54 bits per heavy atom. The first-order chi connectivity index (χ1) is 6.27. The van der Waals surface area contributed by atoms with Gasteiger partial charge in [-0.1, -0.05) is 0 Å². The average molecular weight is 178 g/mol. The van der Waals surface area contributed by atoms with Crippen molar-refractivity contribution < 1.29 is 9.53 Å². The molecular weight excluding hydrogens is 164 g/mol. The topological polar surface area (TPSA) is 26.3 Å². The zero-order valence-corrected chi connectivity index (χ0v) is 7.88. The maximum Gasteiger partial charge on any atom is 0.163 e. The molecule has 70 valence electrons. The number of hydrogen-bond acceptors (Lipinski definition) is 2. The van der Waals surface area contributed by atoms with E-state index in [-0.39, 0.29) is 11.7 Å². The maximum absolute atomic E-state index is 11.4. The van der Waals surface area contributed by atoms with Crippen LogP contribution in [0.4, 0.5) is 0 Å². The number of ketones is 1. The van der Waals surface area contributed by atoms with Gasteiger partial charge in [0, 0.05) is 24.8 Å². The molecule has 0 saturated carbocycles. The minimum atomic E-state index is 0.0224. The predicted molar refractivity (Wildman–Crippen MR) is 50.9 cm³/mol. The van der Waals surface area contributed by atoms with Gasteiger partial charge in [-0.25, -0.2) is 0 Å². The van der Waals surface area contributed by atoms with Gasteiger partial charge < -0.3 is 4.74 Å². The Morgan fingerprint density at radius 3 is 3.08 bits per heavy atom. The minimum Gasteiger partial charge on any atom is -0.498 e. The van der Waals surface area contributed by atoms with Gasteiger partial charge in [-0.05, 0) is 13.3 Å². The highest BCUT2D eigenvalue weighted by atomic mass is 16.5. The first-order valence-electron chi connectivity index (χ1n) is 4.58. The average Bonchev–Trinajstić information content (AvgIpc) is 2.10. The molecule has 2 heteroatoms.